The summed E-state index contributed by atoms with van der Waals surface area (Å²) in [6.07, 6.45) is 39.4. The second kappa shape index (κ2) is 25.0. The van der Waals surface area contributed by atoms with Gasteiger partial charge in [-0.05, 0) is 75.5 Å². The van der Waals surface area contributed by atoms with E-state index in [0.717, 1.165) is 44.9 Å². The highest BCUT2D eigenvalue weighted by atomic mass is 35.5. The van der Waals surface area contributed by atoms with Crippen molar-refractivity contribution in [3.8, 4) is 0 Å². The Morgan fingerprint density at radius 2 is 1.44 bits per heavy atom. The molecule has 0 aromatic heterocycles. The van der Waals surface area contributed by atoms with E-state index < -0.39 is 6.10 Å². The van der Waals surface area contributed by atoms with Crippen LogP contribution < -0.4 is 0 Å². The lowest BCUT2D eigenvalue weighted by Gasteiger charge is -2.45. The third-order valence-corrected chi connectivity index (χ3v) is 11.2. The summed E-state index contributed by atoms with van der Waals surface area (Å²) in [5.74, 6) is 0.0791. The molecule has 2 rings (SSSR count). The Morgan fingerprint density at radius 3 is 2.04 bits per heavy atom. The van der Waals surface area contributed by atoms with Gasteiger partial charge in [-0.3, -0.25) is 4.79 Å². The summed E-state index contributed by atoms with van der Waals surface area (Å²) >= 11 is 6.62. The third-order valence-electron chi connectivity index (χ3n) is 10.7. The van der Waals surface area contributed by atoms with Crippen molar-refractivity contribution in [3.63, 3.8) is 0 Å². The monoisotopic (exact) mass is 648 g/mol. The summed E-state index contributed by atoms with van der Waals surface area (Å²) in [7, 11) is 0. The standard InChI is InChI=1S/C40H69ClO4/c1-3-5-6-7-8-9-10-11-12-13-14-15-16-17-20-23-32-45-39(44)29-22-19-18-21-26-34-35(37(42)33-36(34)41)27-24-28-38(43)40(4-2)30-25-31-40/h18,20-21,23-24,27,34-38,42-43H,3-17,19,22,25-26,28-33H2,1-2H3/b21-18-,23-20?,27-24+/t34-,35-,36-,37-,38+/m1/s1. The smallest absolute Gasteiger partial charge is 0.306 e. The van der Waals surface area contributed by atoms with E-state index in [1.165, 1.54) is 89.9 Å². The number of esters is 1. The predicted molar refractivity (Wildman–Crippen MR) is 192 cm³/mol. The first-order valence-electron chi connectivity index (χ1n) is 19.1. The number of rotatable bonds is 27. The third kappa shape index (κ3) is 16.5. The van der Waals surface area contributed by atoms with E-state index in [4.69, 9.17) is 16.3 Å². The van der Waals surface area contributed by atoms with E-state index >= 15 is 0 Å². The van der Waals surface area contributed by atoms with E-state index in [-0.39, 0.29) is 34.7 Å². The SMILES string of the molecule is CCCCCCCCCCCCCCCC=CCOC(=O)CCC/C=C\C[C@@H]1[C@@H](/C=C/C[C@H](O)C2(CC)CCC2)[C@H](O)C[C@H]1Cl. The lowest BCUT2D eigenvalue weighted by Crippen LogP contribution is -2.40. The number of hydrogen-bond acceptors (Lipinski definition) is 4. The van der Waals surface area contributed by atoms with E-state index in [1.54, 1.807) is 0 Å². The fraction of sp³-hybridized carbons (Fsp3) is 0.825. The van der Waals surface area contributed by atoms with Gasteiger partial charge in [-0.15, -0.1) is 11.6 Å². The second-order valence-corrected chi connectivity index (χ2v) is 14.7. The van der Waals surface area contributed by atoms with Crippen LogP contribution in [0.1, 0.15) is 168 Å². The molecule has 2 saturated carbocycles. The van der Waals surface area contributed by atoms with Crippen LogP contribution in [0.3, 0.4) is 0 Å². The molecule has 2 N–H and O–H groups in total. The van der Waals surface area contributed by atoms with Gasteiger partial charge in [-0.1, -0.05) is 134 Å². The molecule has 5 atom stereocenters. The largest absolute Gasteiger partial charge is 0.461 e. The summed E-state index contributed by atoms with van der Waals surface area (Å²) in [4.78, 5) is 12.1. The first-order chi connectivity index (χ1) is 21.9. The van der Waals surface area contributed by atoms with Crippen molar-refractivity contribution in [1.82, 2.24) is 0 Å². The lowest BCUT2D eigenvalue weighted by molar-refractivity contribution is -0.142. The summed E-state index contributed by atoms with van der Waals surface area (Å²) in [5.41, 5.74) is 0.102. The molecule has 2 aliphatic carbocycles. The molecule has 0 aliphatic heterocycles. The zero-order chi connectivity index (χ0) is 32.6. The normalized spacial score (nSPS) is 23.8. The number of allylic oxidation sites excluding steroid dienone is 3. The van der Waals surface area contributed by atoms with Gasteiger partial charge < -0.3 is 14.9 Å². The first kappa shape index (κ1) is 40.1. The number of aliphatic hydroxyl groups excluding tert-OH is 2. The molecule has 0 heterocycles. The molecule has 2 aliphatic rings. The lowest BCUT2D eigenvalue weighted by atomic mass is 9.63. The average Bonchev–Trinajstić information content (AvgIpc) is 3.27. The van der Waals surface area contributed by atoms with Crippen molar-refractivity contribution in [2.75, 3.05) is 6.61 Å². The number of halogens is 1. The average molecular weight is 649 g/mol. The van der Waals surface area contributed by atoms with E-state index in [2.05, 4.69) is 44.2 Å². The van der Waals surface area contributed by atoms with Gasteiger partial charge >= 0.3 is 5.97 Å². The van der Waals surface area contributed by atoms with Crippen LogP contribution in [-0.4, -0.2) is 40.4 Å². The molecule has 4 nitrogen and oxygen atoms in total. The van der Waals surface area contributed by atoms with Crippen LogP contribution in [0.2, 0.25) is 0 Å². The molecule has 0 amide bonds. The van der Waals surface area contributed by atoms with Crippen molar-refractivity contribution in [2.45, 2.75) is 186 Å². The van der Waals surface area contributed by atoms with E-state index in [9.17, 15) is 15.0 Å². The van der Waals surface area contributed by atoms with Gasteiger partial charge in [0.25, 0.3) is 0 Å². The van der Waals surface area contributed by atoms with E-state index in [1.807, 2.05) is 6.08 Å². The Morgan fingerprint density at radius 1 is 0.844 bits per heavy atom. The summed E-state index contributed by atoms with van der Waals surface area (Å²) in [6.45, 7) is 4.83. The highest BCUT2D eigenvalue weighted by Gasteiger charge is 2.42. The molecule has 0 aromatic carbocycles. The molecular weight excluding hydrogens is 580 g/mol. The van der Waals surface area contributed by atoms with Crippen molar-refractivity contribution in [3.05, 3.63) is 36.5 Å². The topological polar surface area (TPSA) is 66.8 Å². The highest BCUT2D eigenvalue weighted by Crippen LogP contribution is 2.48. The van der Waals surface area contributed by atoms with Gasteiger partial charge in [0.05, 0.1) is 12.2 Å². The maximum absolute atomic E-state index is 12.1. The number of aliphatic hydroxyl groups is 2. The van der Waals surface area contributed by atoms with Crippen LogP contribution in [0, 0.1) is 17.3 Å². The minimum atomic E-state index is -0.429. The number of unbranched alkanes of at least 4 members (excludes halogenated alkanes) is 14. The number of alkyl halides is 1. The van der Waals surface area contributed by atoms with Gasteiger partial charge in [0.15, 0.2) is 0 Å². The molecule has 0 bridgehead atoms. The maximum atomic E-state index is 12.1. The Kier molecular flexibility index (Phi) is 22.3. The van der Waals surface area contributed by atoms with Gasteiger partial charge in [0.2, 0.25) is 0 Å². The van der Waals surface area contributed by atoms with Gasteiger partial charge in [0.1, 0.15) is 6.61 Å². The quantitative estimate of drug-likeness (QED) is 0.0402. The minimum absolute atomic E-state index is 0.0240. The fourth-order valence-electron chi connectivity index (χ4n) is 7.25. The molecule has 260 valence electrons. The number of carbonyl (C=O) groups is 1. The van der Waals surface area contributed by atoms with Crippen LogP contribution in [0.15, 0.2) is 36.5 Å². The molecule has 5 heteroatoms. The van der Waals surface area contributed by atoms with Crippen LogP contribution >= 0.6 is 11.6 Å². The van der Waals surface area contributed by atoms with Crippen LogP contribution in [0.25, 0.3) is 0 Å². The second-order valence-electron chi connectivity index (χ2n) is 14.1. The van der Waals surface area contributed by atoms with Crippen LogP contribution in [0.5, 0.6) is 0 Å². The van der Waals surface area contributed by atoms with Crippen molar-refractivity contribution in [2.24, 2.45) is 17.3 Å². The Hall–Kier alpha value is -1.10. The molecule has 2 fully saturated rings. The summed E-state index contributed by atoms with van der Waals surface area (Å²) in [6, 6.07) is 0. The zero-order valence-corrected chi connectivity index (χ0v) is 29.9. The van der Waals surface area contributed by atoms with E-state index in [0.29, 0.717) is 25.9 Å². The summed E-state index contributed by atoms with van der Waals surface area (Å²) in [5, 5.41) is 21.3. The molecular formula is C40H69ClO4. The van der Waals surface area contributed by atoms with Gasteiger partial charge in [0, 0.05) is 17.7 Å². The Labute approximate surface area is 282 Å². The molecule has 0 aromatic rings. The highest BCUT2D eigenvalue weighted by molar-refractivity contribution is 6.21. The van der Waals surface area contributed by atoms with Crippen molar-refractivity contribution < 1.29 is 19.7 Å². The van der Waals surface area contributed by atoms with Crippen molar-refractivity contribution >= 4 is 17.6 Å². The van der Waals surface area contributed by atoms with Crippen molar-refractivity contribution in [1.29, 1.82) is 0 Å². The molecule has 0 saturated heterocycles. The minimum Gasteiger partial charge on any atom is -0.461 e. The summed E-state index contributed by atoms with van der Waals surface area (Å²) < 4.78 is 5.36. The number of hydrogen-bond donors (Lipinski definition) is 2. The molecule has 0 spiro atoms. The molecule has 0 unspecified atom stereocenters. The Bertz CT molecular complexity index is 827. The molecule has 45 heavy (non-hydrogen) atoms. The maximum Gasteiger partial charge on any atom is 0.306 e. The van der Waals surface area contributed by atoms with Crippen LogP contribution in [0.4, 0.5) is 0 Å². The fourth-order valence-corrected chi connectivity index (χ4v) is 7.70. The zero-order valence-electron chi connectivity index (χ0n) is 29.1. The predicted octanol–water partition coefficient (Wildman–Crippen LogP) is 11.2. The first-order valence-corrected chi connectivity index (χ1v) is 19.5. The molecule has 0 radical (unpaired) electrons. The number of carbonyl (C=O) groups excluding carboxylic acids is 1. The van der Waals surface area contributed by atoms with Crippen LogP contribution in [-0.2, 0) is 9.53 Å². The van der Waals surface area contributed by atoms with Gasteiger partial charge in [-0.25, -0.2) is 0 Å². The number of ether oxygens (including phenoxy) is 1. The van der Waals surface area contributed by atoms with Gasteiger partial charge in [-0.2, -0.15) is 0 Å². The Balaban J connectivity index is 1.45.